The SMILES string of the molecule is Cc1ncsc1-c1ccc(CNC(=O)[C@@H]2CCCN2C(=O)C(/C(O)=C/C(N)=O)C(C)C)cc1. The average molecular weight is 471 g/mol. The number of primary amides is 1. The van der Waals surface area contributed by atoms with Gasteiger partial charge in [0.15, 0.2) is 0 Å². The lowest BCUT2D eigenvalue weighted by Crippen LogP contribution is -2.48. The first-order valence-corrected chi connectivity index (χ1v) is 11.8. The Morgan fingerprint density at radius 2 is 2.00 bits per heavy atom. The highest BCUT2D eigenvalue weighted by molar-refractivity contribution is 7.13. The third-order valence-corrected chi connectivity index (χ3v) is 6.79. The van der Waals surface area contributed by atoms with E-state index in [1.807, 2.05) is 36.7 Å². The van der Waals surface area contributed by atoms with Gasteiger partial charge in [-0.2, -0.15) is 0 Å². The molecule has 1 saturated heterocycles. The molecule has 3 rings (SSSR count). The molecule has 8 nitrogen and oxygen atoms in total. The largest absolute Gasteiger partial charge is 0.511 e. The number of nitrogens with two attached hydrogens (primary N) is 1. The smallest absolute Gasteiger partial charge is 0.244 e. The first kappa shape index (κ1) is 24.4. The molecule has 0 spiro atoms. The summed E-state index contributed by atoms with van der Waals surface area (Å²) in [6.07, 6.45) is 2.11. The molecule has 4 N–H and O–H groups in total. The first-order chi connectivity index (χ1) is 15.7. The van der Waals surface area contributed by atoms with Gasteiger partial charge in [0, 0.05) is 19.2 Å². The van der Waals surface area contributed by atoms with Crippen molar-refractivity contribution in [3.05, 3.63) is 52.9 Å². The normalized spacial score (nSPS) is 17.3. The number of aliphatic hydroxyl groups is 1. The number of nitrogens with zero attached hydrogens (tertiary/aromatic N) is 2. The van der Waals surface area contributed by atoms with Crippen LogP contribution in [0.15, 0.2) is 41.6 Å². The summed E-state index contributed by atoms with van der Waals surface area (Å²) >= 11 is 1.59. The van der Waals surface area contributed by atoms with Crippen molar-refractivity contribution in [2.75, 3.05) is 6.54 Å². The summed E-state index contributed by atoms with van der Waals surface area (Å²) in [4.78, 5) is 44.1. The van der Waals surface area contributed by atoms with E-state index >= 15 is 0 Å². The number of benzene rings is 1. The van der Waals surface area contributed by atoms with Crippen molar-refractivity contribution in [1.82, 2.24) is 15.2 Å². The molecule has 2 heterocycles. The summed E-state index contributed by atoms with van der Waals surface area (Å²) < 4.78 is 0. The number of aryl methyl sites for hydroxylation is 1. The average Bonchev–Trinajstić information content (AvgIpc) is 3.41. The van der Waals surface area contributed by atoms with Crippen LogP contribution in [-0.2, 0) is 20.9 Å². The Morgan fingerprint density at radius 3 is 2.58 bits per heavy atom. The van der Waals surface area contributed by atoms with Crippen LogP contribution in [0.25, 0.3) is 10.4 Å². The van der Waals surface area contributed by atoms with E-state index in [0.29, 0.717) is 25.9 Å². The zero-order chi connectivity index (χ0) is 24.1. The van der Waals surface area contributed by atoms with Crippen molar-refractivity contribution in [2.45, 2.75) is 46.2 Å². The van der Waals surface area contributed by atoms with Crippen molar-refractivity contribution in [2.24, 2.45) is 17.6 Å². The topological polar surface area (TPSA) is 126 Å². The van der Waals surface area contributed by atoms with Crippen LogP contribution in [0, 0.1) is 18.8 Å². The van der Waals surface area contributed by atoms with Gasteiger partial charge in [0.05, 0.1) is 22.0 Å². The molecule has 1 aliphatic rings. The van der Waals surface area contributed by atoms with E-state index in [4.69, 9.17) is 5.73 Å². The molecule has 176 valence electrons. The molecule has 2 atom stereocenters. The van der Waals surface area contributed by atoms with Gasteiger partial charge in [-0.25, -0.2) is 4.98 Å². The highest BCUT2D eigenvalue weighted by Crippen LogP contribution is 2.28. The maximum absolute atomic E-state index is 13.2. The lowest BCUT2D eigenvalue weighted by atomic mass is 9.91. The van der Waals surface area contributed by atoms with E-state index in [2.05, 4.69) is 10.3 Å². The predicted octanol–water partition coefficient (Wildman–Crippen LogP) is 2.93. The summed E-state index contributed by atoms with van der Waals surface area (Å²) in [5, 5.41) is 13.2. The summed E-state index contributed by atoms with van der Waals surface area (Å²) in [5.74, 6) is -2.99. The minimum atomic E-state index is -0.923. The Bertz CT molecular complexity index is 1040. The van der Waals surface area contributed by atoms with Gasteiger partial charge in [-0.1, -0.05) is 38.1 Å². The van der Waals surface area contributed by atoms with E-state index in [-0.39, 0.29) is 23.5 Å². The predicted molar refractivity (Wildman–Crippen MR) is 127 cm³/mol. The minimum absolute atomic E-state index is 0.232. The second-order valence-electron chi connectivity index (χ2n) is 8.56. The summed E-state index contributed by atoms with van der Waals surface area (Å²) in [6, 6.07) is 7.34. The Kier molecular flexibility index (Phi) is 7.86. The number of nitrogens with one attached hydrogen (secondary N) is 1. The van der Waals surface area contributed by atoms with E-state index in [9.17, 15) is 19.5 Å². The summed E-state index contributed by atoms with van der Waals surface area (Å²) in [7, 11) is 0. The van der Waals surface area contributed by atoms with Gasteiger partial charge in [0.2, 0.25) is 17.7 Å². The van der Waals surface area contributed by atoms with E-state index < -0.39 is 17.9 Å². The Balaban J connectivity index is 1.65. The van der Waals surface area contributed by atoms with Crippen LogP contribution < -0.4 is 11.1 Å². The van der Waals surface area contributed by atoms with Gasteiger partial charge in [-0.05, 0) is 36.8 Å². The molecule has 2 aromatic rings. The molecule has 1 unspecified atom stereocenters. The number of hydrogen-bond donors (Lipinski definition) is 3. The summed E-state index contributed by atoms with van der Waals surface area (Å²) in [6.45, 7) is 6.29. The van der Waals surface area contributed by atoms with Crippen molar-refractivity contribution in [3.63, 3.8) is 0 Å². The molecular formula is C24H30N4O4S. The molecule has 1 aromatic heterocycles. The quantitative estimate of drug-likeness (QED) is 0.404. The highest BCUT2D eigenvalue weighted by Gasteiger charge is 2.39. The molecule has 0 bridgehead atoms. The number of aromatic nitrogens is 1. The van der Waals surface area contributed by atoms with Crippen LogP contribution in [0.2, 0.25) is 0 Å². The van der Waals surface area contributed by atoms with Crippen LogP contribution in [0.3, 0.4) is 0 Å². The van der Waals surface area contributed by atoms with E-state index in [1.54, 1.807) is 25.2 Å². The second kappa shape index (κ2) is 10.6. The molecular weight excluding hydrogens is 440 g/mol. The van der Waals surface area contributed by atoms with Gasteiger partial charge >= 0.3 is 0 Å². The number of hydrogen-bond acceptors (Lipinski definition) is 6. The van der Waals surface area contributed by atoms with Crippen molar-refractivity contribution < 1.29 is 19.5 Å². The number of likely N-dealkylation sites (tertiary alicyclic amines) is 1. The van der Waals surface area contributed by atoms with Gasteiger partial charge in [-0.15, -0.1) is 11.3 Å². The van der Waals surface area contributed by atoms with Crippen molar-refractivity contribution >= 4 is 29.1 Å². The van der Waals surface area contributed by atoms with E-state index in [1.165, 1.54) is 4.90 Å². The van der Waals surface area contributed by atoms with Crippen LogP contribution in [0.1, 0.15) is 37.9 Å². The minimum Gasteiger partial charge on any atom is -0.511 e. The molecule has 0 saturated carbocycles. The Morgan fingerprint density at radius 1 is 1.30 bits per heavy atom. The van der Waals surface area contributed by atoms with Crippen LogP contribution in [-0.4, -0.2) is 45.3 Å². The van der Waals surface area contributed by atoms with Crippen molar-refractivity contribution in [1.29, 1.82) is 0 Å². The van der Waals surface area contributed by atoms with Gasteiger partial charge in [-0.3, -0.25) is 14.4 Å². The zero-order valence-electron chi connectivity index (χ0n) is 19.1. The fraction of sp³-hybridized carbons (Fsp3) is 0.417. The van der Waals surface area contributed by atoms with Gasteiger partial charge in [0.25, 0.3) is 0 Å². The number of carbonyl (C=O) groups is 3. The standard InChI is InChI=1S/C24H30N4O4S/c1-14(2)21(19(29)11-20(25)30)24(32)28-10-4-5-18(28)23(31)26-12-16-6-8-17(9-7-16)22-15(3)27-13-33-22/h6-9,11,13-14,18,21,29H,4-5,10,12H2,1-3H3,(H2,25,30)(H,26,31)/b19-11-/t18-,21?/m0/s1. The molecule has 1 aliphatic heterocycles. The Labute approximate surface area is 197 Å². The third kappa shape index (κ3) is 5.78. The van der Waals surface area contributed by atoms with Crippen LogP contribution in [0.5, 0.6) is 0 Å². The fourth-order valence-corrected chi connectivity index (χ4v) is 4.94. The van der Waals surface area contributed by atoms with Crippen LogP contribution >= 0.6 is 11.3 Å². The fourth-order valence-electron chi connectivity index (χ4n) is 4.13. The van der Waals surface area contributed by atoms with Crippen molar-refractivity contribution in [3.8, 4) is 10.4 Å². The second-order valence-corrected chi connectivity index (χ2v) is 9.42. The molecule has 3 amide bonds. The molecule has 1 fully saturated rings. The molecule has 1 aromatic carbocycles. The van der Waals surface area contributed by atoms with Gasteiger partial charge in [0.1, 0.15) is 11.8 Å². The number of aliphatic hydroxyl groups excluding tert-OH is 1. The third-order valence-electron chi connectivity index (χ3n) is 5.81. The van der Waals surface area contributed by atoms with Crippen LogP contribution in [0.4, 0.5) is 0 Å². The lowest BCUT2D eigenvalue weighted by Gasteiger charge is -2.29. The molecule has 9 heteroatoms. The monoisotopic (exact) mass is 470 g/mol. The summed E-state index contributed by atoms with van der Waals surface area (Å²) in [5.41, 5.74) is 9.98. The maximum Gasteiger partial charge on any atom is 0.244 e. The van der Waals surface area contributed by atoms with Gasteiger partial charge < -0.3 is 21.1 Å². The molecule has 33 heavy (non-hydrogen) atoms. The number of rotatable bonds is 8. The maximum atomic E-state index is 13.2. The number of thiazole rings is 1. The number of carbonyl (C=O) groups excluding carboxylic acids is 3. The lowest BCUT2D eigenvalue weighted by molar-refractivity contribution is -0.142. The first-order valence-electron chi connectivity index (χ1n) is 11.0. The highest BCUT2D eigenvalue weighted by atomic mass is 32.1. The Hall–Kier alpha value is -3.20. The number of amides is 3. The molecule has 0 aliphatic carbocycles. The van der Waals surface area contributed by atoms with E-state index in [0.717, 1.165) is 27.8 Å². The molecule has 0 radical (unpaired) electrons. The zero-order valence-corrected chi connectivity index (χ0v) is 19.9.